The van der Waals surface area contributed by atoms with Crippen LogP contribution in [0.15, 0.2) is 24.3 Å². The van der Waals surface area contributed by atoms with Crippen molar-refractivity contribution < 1.29 is 9.53 Å². The number of carbonyl (C=O) groups excluding carboxylic acids is 1. The summed E-state index contributed by atoms with van der Waals surface area (Å²) < 4.78 is 5.06. The molecule has 1 aromatic rings. The lowest BCUT2D eigenvalue weighted by molar-refractivity contribution is -0.143. The van der Waals surface area contributed by atoms with Crippen molar-refractivity contribution in [2.45, 2.75) is 52.5 Å². The molecule has 0 aliphatic heterocycles. The highest BCUT2D eigenvalue weighted by Gasteiger charge is 2.16. The fraction of sp³-hybridized carbons (Fsp3) is 0.588. The van der Waals surface area contributed by atoms with Gasteiger partial charge in [-0.1, -0.05) is 45.0 Å². The van der Waals surface area contributed by atoms with Crippen LogP contribution in [0.2, 0.25) is 0 Å². The van der Waals surface area contributed by atoms with Gasteiger partial charge in [0.15, 0.2) is 0 Å². The predicted molar refractivity (Wildman–Crippen MR) is 82.8 cm³/mol. The molecule has 1 atom stereocenters. The number of hydrogen-bond donors (Lipinski definition) is 1. The first-order valence-electron chi connectivity index (χ1n) is 7.57. The van der Waals surface area contributed by atoms with Crippen LogP contribution in [-0.4, -0.2) is 19.1 Å². The van der Waals surface area contributed by atoms with Crippen molar-refractivity contribution in [3.05, 3.63) is 35.4 Å². The van der Waals surface area contributed by atoms with Gasteiger partial charge in [-0.05, 0) is 36.9 Å². The number of ether oxygens (including phenoxy) is 1. The van der Waals surface area contributed by atoms with E-state index in [-0.39, 0.29) is 12.0 Å². The summed E-state index contributed by atoms with van der Waals surface area (Å²) in [4.78, 5) is 11.7. The van der Waals surface area contributed by atoms with Gasteiger partial charge in [0.25, 0.3) is 0 Å². The summed E-state index contributed by atoms with van der Waals surface area (Å²) in [6, 6.07) is 8.55. The Kier molecular flexibility index (Phi) is 7.31. The van der Waals surface area contributed by atoms with Crippen LogP contribution < -0.4 is 5.32 Å². The molecule has 20 heavy (non-hydrogen) atoms. The van der Waals surface area contributed by atoms with Crippen LogP contribution in [0.5, 0.6) is 0 Å². The van der Waals surface area contributed by atoms with Gasteiger partial charge in [0.2, 0.25) is 0 Å². The van der Waals surface area contributed by atoms with E-state index in [0.29, 0.717) is 18.9 Å². The van der Waals surface area contributed by atoms with Crippen LogP contribution in [0.1, 0.15) is 63.6 Å². The third kappa shape index (κ3) is 5.33. The predicted octanol–water partition coefficient (Wildman–Crippen LogP) is 3.80. The van der Waals surface area contributed by atoms with Crippen molar-refractivity contribution in [2.24, 2.45) is 0 Å². The molecule has 0 aliphatic carbocycles. The van der Waals surface area contributed by atoms with Gasteiger partial charge in [0.05, 0.1) is 13.0 Å². The Bertz CT molecular complexity index is 398. The van der Waals surface area contributed by atoms with Crippen LogP contribution in [0.25, 0.3) is 0 Å². The lowest BCUT2D eigenvalue weighted by atomic mass is 9.97. The largest absolute Gasteiger partial charge is 0.466 e. The molecule has 1 aromatic carbocycles. The van der Waals surface area contributed by atoms with Crippen molar-refractivity contribution in [1.29, 1.82) is 0 Å². The number of rotatable bonds is 8. The lowest BCUT2D eigenvalue weighted by Gasteiger charge is -2.19. The summed E-state index contributed by atoms with van der Waals surface area (Å²) in [6.45, 7) is 9.66. The van der Waals surface area contributed by atoms with Crippen LogP contribution in [0.3, 0.4) is 0 Å². The van der Waals surface area contributed by atoms with Gasteiger partial charge >= 0.3 is 5.97 Å². The molecule has 112 valence electrons. The molecule has 0 spiro atoms. The summed E-state index contributed by atoms with van der Waals surface area (Å²) in [5, 5.41) is 3.42. The second-order valence-electron chi connectivity index (χ2n) is 5.34. The Morgan fingerprint density at radius 1 is 1.15 bits per heavy atom. The molecule has 1 unspecified atom stereocenters. The molecule has 3 heteroatoms. The van der Waals surface area contributed by atoms with E-state index in [1.807, 2.05) is 6.92 Å². The Labute approximate surface area is 122 Å². The summed E-state index contributed by atoms with van der Waals surface area (Å²) >= 11 is 0. The first kappa shape index (κ1) is 16.7. The summed E-state index contributed by atoms with van der Waals surface area (Å²) in [5.74, 6) is 0.380. The highest BCUT2D eigenvalue weighted by atomic mass is 16.5. The quantitative estimate of drug-likeness (QED) is 0.734. The van der Waals surface area contributed by atoms with Gasteiger partial charge in [-0.25, -0.2) is 0 Å². The smallest absolute Gasteiger partial charge is 0.307 e. The maximum Gasteiger partial charge on any atom is 0.307 e. The first-order valence-corrected chi connectivity index (χ1v) is 7.57. The molecule has 1 rings (SSSR count). The van der Waals surface area contributed by atoms with Crippen molar-refractivity contribution in [3.63, 3.8) is 0 Å². The number of carbonyl (C=O) groups is 1. The third-order valence-electron chi connectivity index (χ3n) is 3.32. The van der Waals surface area contributed by atoms with Crippen LogP contribution >= 0.6 is 0 Å². The van der Waals surface area contributed by atoms with Gasteiger partial charge in [-0.3, -0.25) is 4.79 Å². The average molecular weight is 277 g/mol. The fourth-order valence-corrected chi connectivity index (χ4v) is 2.13. The normalized spacial score (nSPS) is 12.4. The number of benzene rings is 1. The molecular weight excluding hydrogens is 250 g/mol. The van der Waals surface area contributed by atoms with Crippen molar-refractivity contribution in [2.75, 3.05) is 13.2 Å². The molecule has 1 N–H and O–H groups in total. The third-order valence-corrected chi connectivity index (χ3v) is 3.32. The second-order valence-corrected chi connectivity index (χ2v) is 5.34. The molecule has 3 nitrogen and oxygen atoms in total. The van der Waals surface area contributed by atoms with E-state index in [1.54, 1.807) is 0 Å². The molecule has 0 heterocycles. The molecule has 0 aliphatic rings. The van der Waals surface area contributed by atoms with E-state index >= 15 is 0 Å². The molecule has 0 aromatic heterocycles. The zero-order chi connectivity index (χ0) is 15.0. The minimum atomic E-state index is -0.144. The molecule has 0 saturated carbocycles. The topological polar surface area (TPSA) is 38.3 Å². The lowest BCUT2D eigenvalue weighted by Crippen LogP contribution is -2.25. The summed E-state index contributed by atoms with van der Waals surface area (Å²) in [6.07, 6.45) is 1.43. The van der Waals surface area contributed by atoms with E-state index in [9.17, 15) is 4.79 Å². The maximum atomic E-state index is 11.7. The zero-order valence-corrected chi connectivity index (χ0v) is 13.1. The molecule has 0 saturated heterocycles. The highest BCUT2D eigenvalue weighted by Crippen LogP contribution is 2.21. The SMILES string of the molecule is CCCNC(CC(=O)OCC)c1ccc(C(C)C)cc1. The van der Waals surface area contributed by atoms with E-state index < -0.39 is 0 Å². The van der Waals surface area contributed by atoms with Gasteiger partial charge in [-0.15, -0.1) is 0 Å². The van der Waals surface area contributed by atoms with Crippen molar-refractivity contribution in [3.8, 4) is 0 Å². The van der Waals surface area contributed by atoms with E-state index in [4.69, 9.17) is 4.74 Å². The molecule has 0 fully saturated rings. The average Bonchev–Trinajstić information content (AvgIpc) is 2.44. The highest BCUT2D eigenvalue weighted by molar-refractivity contribution is 5.70. The number of esters is 1. The van der Waals surface area contributed by atoms with Crippen molar-refractivity contribution >= 4 is 5.97 Å². The fourth-order valence-electron chi connectivity index (χ4n) is 2.13. The number of hydrogen-bond acceptors (Lipinski definition) is 3. The minimum Gasteiger partial charge on any atom is -0.466 e. The standard InChI is InChI=1S/C17H27NO2/c1-5-11-18-16(12-17(19)20-6-2)15-9-7-14(8-10-15)13(3)4/h7-10,13,16,18H,5-6,11-12H2,1-4H3. The van der Waals surface area contributed by atoms with Gasteiger partial charge < -0.3 is 10.1 Å². The van der Waals surface area contributed by atoms with Crippen LogP contribution in [-0.2, 0) is 9.53 Å². The number of nitrogens with one attached hydrogen (secondary N) is 1. The maximum absolute atomic E-state index is 11.7. The van der Waals surface area contributed by atoms with E-state index in [2.05, 4.69) is 50.4 Å². The van der Waals surface area contributed by atoms with Gasteiger partial charge in [0, 0.05) is 6.04 Å². The molecule has 0 bridgehead atoms. The van der Waals surface area contributed by atoms with Crippen LogP contribution in [0, 0.1) is 0 Å². The molecule has 0 radical (unpaired) electrons. The Morgan fingerprint density at radius 3 is 2.25 bits per heavy atom. The Hall–Kier alpha value is -1.35. The molecule has 0 amide bonds. The minimum absolute atomic E-state index is 0.0372. The summed E-state index contributed by atoms with van der Waals surface area (Å²) in [5.41, 5.74) is 2.47. The summed E-state index contributed by atoms with van der Waals surface area (Å²) in [7, 11) is 0. The molecular formula is C17H27NO2. The Morgan fingerprint density at radius 2 is 1.75 bits per heavy atom. The monoisotopic (exact) mass is 277 g/mol. The van der Waals surface area contributed by atoms with Crippen LogP contribution in [0.4, 0.5) is 0 Å². The van der Waals surface area contributed by atoms with Crippen molar-refractivity contribution in [1.82, 2.24) is 5.32 Å². The first-order chi connectivity index (χ1) is 9.58. The Balaban J connectivity index is 2.78. The van der Waals surface area contributed by atoms with Gasteiger partial charge in [-0.2, -0.15) is 0 Å². The van der Waals surface area contributed by atoms with Gasteiger partial charge in [0.1, 0.15) is 0 Å². The zero-order valence-electron chi connectivity index (χ0n) is 13.1. The van der Waals surface area contributed by atoms with E-state index in [1.165, 1.54) is 5.56 Å². The van der Waals surface area contributed by atoms with E-state index in [0.717, 1.165) is 18.5 Å². The second kappa shape index (κ2) is 8.75.